The lowest BCUT2D eigenvalue weighted by Crippen LogP contribution is -1.92. The first kappa shape index (κ1) is 16.2. The summed E-state index contributed by atoms with van der Waals surface area (Å²) in [6.07, 6.45) is 24.3. The molecule has 0 aromatic carbocycles. The van der Waals surface area contributed by atoms with Gasteiger partial charge in [0, 0.05) is 6.42 Å². The number of hydrogen-bond donors (Lipinski definition) is 0. The molecule has 0 atom stereocenters. The summed E-state index contributed by atoms with van der Waals surface area (Å²) in [5.41, 5.74) is 0. The number of allylic oxidation sites excluding steroid dienone is 4. The minimum atomic E-state index is 0.323. The zero-order chi connectivity index (χ0) is 13.6. The van der Waals surface area contributed by atoms with E-state index in [9.17, 15) is 4.79 Å². The number of carbonyl (C=O) groups excluding carboxylic acids is 1. The van der Waals surface area contributed by atoms with Gasteiger partial charge in [-0.1, -0.05) is 50.3 Å². The Hall–Kier alpha value is -0.850. The fraction of sp³-hybridized carbons (Fsp3) is 0.722. The van der Waals surface area contributed by atoms with Crippen molar-refractivity contribution < 1.29 is 4.79 Å². The minimum Gasteiger partial charge on any atom is -0.295 e. The molecule has 0 unspecified atom stereocenters. The van der Waals surface area contributed by atoms with Crippen LogP contribution >= 0.6 is 0 Å². The summed E-state index contributed by atoms with van der Waals surface area (Å²) < 4.78 is 0. The lowest BCUT2D eigenvalue weighted by atomic mass is 10.1. The zero-order valence-electron chi connectivity index (χ0n) is 12.4. The van der Waals surface area contributed by atoms with Gasteiger partial charge in [0.05, 0.1) is 0 Å². The Bertz CT molecular complexity index is 275. The SMILES string of the molecule is O=C1C=CCCCCCCC=CCCCCCCC1. The highest BCUT2D eigenvalue weighted by molar-refractivity contribution is 5.89. The van der Waals surface area contributed by atoms with E-state index in [1.165, 1.54) is 64.2 Å². The van der Waals surface area contributed by atoms with E-state index in [-0.39, 0.29) is 0 Å². The molecule has 0 bridgehead atoms. The minimum absolute atomic E-state index is 0.323. The summed E-state index contributed by atoms with van der Waals surface area (Å²) in [5.74, 6) is 0.323. The molecule has 0 aromatic heterocycles. The van der Waals surface area contributed by atoms with Gasteiger partial charge in [0.25, 0.3) is 0 Å². The Morgan fingerprint density at radius 1 is 0.579 bits per heavy atom. The van der Waals surface area contributed by atoms with Crippen LogP contribution < -0.4 is 0 Å². The van der Waals surface area contributed by atoms with Crippen molar-refractivity contribution in [2.24, 2.45) is 0 Å². The molecule has 0 aromatic rings. The molecule has 108 valence electrons. The van der Waals surface area contributed by atoms with Gasteiger partial charge in [0.1, 0.15) is 0 Å². The molecule has 0 heterocycles. The maximum atomic E-state index is 11.6. The van der Waals surface area contributed by atoms with Crippen LogP contribution in [0.4, 0.5) is 0 Å². The molecule has 0 aliphatic heterocycles. The predicted molar refractivity (Wildman–Crippen MR) is 83.3 cm³/mol. The fourth-order valence-corrected chi connectivity index (χ4v) is 2.50. The van der Waals surface area contributed by atoms with Gasteiger partial charge >= 0.3 is 0 Å². The van der Waals surface area contributed by atoms with Crippen LogP contribution in [0.2, 0.25) is 0 Å². The molecule has 1 aliphatic carbocycles. The smallest absolute Gasteiger partial charge is 0.155 e. The summed E-state index contributed by atoms with van der Waals surface area (Å²) >= 11 is 0. The van der Waals surface area contributed by atoms with Crippen molar-refractivity contribution >= 4 is 5.78 Å². The van der Waals surface area contributed by atoms with Gasteiger partial charge in [0.15, 0.2) is 5.78 Å². The van der Waals surface area contributed by atoms with E-state index in [1.54, 1.807) is 0 Å². The molecule has 0 saturated heterocycles. The number of rotatable bonds is 0. The molecule has 1 aliphatic rings. The highest BCUT2D eigenvalue weighted by Gasteiger charge is 1.97. The van der Waals surface area contributed by atoms with E-state index in [2.05, 4.69) is 18.2 Å². The average Bonchev–Trinajstić information content (AvgIpc) is 2.41. The van der Waals surface area contributed by atoms with Gasteiger partial charge in [-0.05, 0) is 51.0 Å². The lowest BCUT2D eigenvalue weighted by Gasteiger charge is -2.00. The fourth-order valence-electron chi connectivity index (χ4n) is 2.50. The summed E-state index contributed by atoms with van der Waals surface area (Å²) in [6.45, 7) is 0. The Kier molecular flexibility index (Phi) is 10.4. The van der Waals surface area contributed by atoms with Crippen LogP contribution in [0, 0.1) is 0 Å². The molecule has 1 rings (SSSR count). The monoisotopic (exact) mass is 262 g/mol. The molecule has 0 fully saturated rings. The van der Waals surface area contributed by atoms with E-state index in [0.717, 1.165) is 19.3 Å². The van der Waals surface area contributed by atoms with Crippen molar-refractivity contribution in [2.75, 3.05) is 0 Å². The second-order valence-electron chi connectivity index (χ2n) is 5.64. The van der Waals surface area contributed by atoms with Crippen molar-refractivity contribution in [3.05, 3.63) is 24.3 Å². The zero-order valence-corrected chi connectivity index (χ0v) is 12.4. The van der Waals surface area contributed by atoms with Crippen LogP contribution in [-0.4, -0.2) is 5.78 Å². The van der Waals surface area contributed by atoms with Gasteiger partial charge in [-0.2, -0.15) is 0 Å². The molecule has 19 heavy (non-hydrogen) atoms. The van der Waals surface area contributed by atoms with E-state index in [0.29, 0.717) is 5.78 Å². The van der Waals surface area contributed by atoms with Crippen molar-refractivity contribution in [3.63, 3.8) is 0 Å². The highest BCUT2D eigenvalue weighted by Crippen LogP contribution is 2.10. The first-order chi connectivity index (χ1) is 9.39. The summed E-state index contributed by atoms with van der Waals surface area (Å²) in [4.78, 5) is 11.6. The maximum Gasteiger partial charge on any atom is 0.155 e. The highest BCUT2D eigenvalue weighted by atomic mass is 16.1. The number of hydrogen-bond acceptors (Lipinski definition) is 1. The topological polar surface area (TPSA) is 17.1 Å². The molecule has 0 amide bonds. The second-order valence-corrected chi connectivity index (χ2v) is 5.64. The molecular weight excluding hydrogens is 232 g/mol. The normalized spacial score (nSPS) is 21.8. The quantitative estimate of drug-likeness (QED) is 0.508. The third-order valence-corrected chi connectivity index (χ3v) is 3.76. The predicted octanol–water partition coefficient (Wildman–Crippen LogP) is 5.75. The van der Waals surface area contributed by atoms with Gasteiger partial charge in [-0.25, -0.2) is 0 Å². The standard InChI is InChI=1S/C18H30O/c19-18-16-14-12-10-8-6-4-2-1-3-5-7-9-11-13-15-17-18/h1-2,15,17H,3-14,16H2. The average molecular weight is 262 g/mol. The third-order valence-electron chi connectivity index (χ3n) is 3.76. The first-order valence-corrected chi connectivity index (χ1v) is 8.24. The van der Waals surface area contributed by atoms with Crippen LogP contribution in [-0.2, 0) is 4.79 Å². The Morgan fingerprint density at radius 2 is 1.05 bits per heavy atom. The summed E-state index contributed by atoms with van der Waals surface area (Å²) in [6, 6.07) is 0. The molecule has 0 spiro atoms. The van der Waals surface area contributed by atoms with Crippen LogP contribution in [0.25, 0.3) is 0 Å². The molecule has 0 radical (unpaired) electrons. The van der Waals surface area contributed by atoms with E-state index >= 15 is 0 Å². The molecule has 0 N–H and O–H groups in total. The van der Waals surface area contributed by atoms with Crippen LogP contribution in [0.1, 0.15) is 83.5 Å². The van der Waals surface area contributed by atoms with Gasteiger partial charge in [0.2, 0.25) is 0 Å². The van der Waals surface area contributed by atoms with Crippen molar-refractivity contribution in [1.29, 1.82) is 0 Å². The molecule has 1 nitrogen and oxygen atoms in total. The van der Waals surface area contributed by atoms with Crippen LogP contribution in [0.5, 0.6) is 0 Å². The molecular formula is C18H30O. The summed E-state index contributed by atoms with van der Waals surface area (Å²) in [7, 11) is 0. The van der Waals surface area contributed by atoms with Crippen molar-refractivity contribution in [1.82, 2.24) is 0 Å². The second kappa shape index (κ2) is 12.2. The van der Waals surface area contributed by atoms with E-state index in [4.69, 9.17) is 0 Å². The third kappa shape index (κ3) is 10.7. The largest absolute Gasteiger partial charge is 0.295 e. The first-order valence-electron chi connectivity index (χ1n) is 8.24. The Balaban J connectivity index is 2.22. The van der Waals surface area contributed by atoms with E-state index in [1.807, 2.05) is 6.08 Å². The van der Waals surface area contributed by atoms with Gasteiger partial charge in [-0.15, -0.1) is 0 Å². The van der Waals surface area contributed by atoms with Gasteiger partial charge < -0.3 is 0 Å². The molecule has 1 heteroatoms. The maximum absolute atomic E-state index is 11.6. The number of ketones is 1. The van der Waals surface area contributed by atoms with Crippen molar-refractivity contribution in [3.8, 4) is 0 Å². The Labute approximate surface area is 119 Å². The van der Waals surface area contributed by atoms with Crippen LogP contribution in [0.3, 0.4) is 0 Å². The van der Waals surface area contributed by atoms with E-state index < -0.39 is 0 Å². The van der Waals surface area contributed by atoms with Crippen LogP contribution in [0.15, 0.2) is 24.3 Å². The van der Waals surface area contributed by atoms with Crippen molar-refractivity contribution in [2.45, 2.75) is 83.5 Å². The Morgan fingerprint density at radius 3 is 1.68 bits per heavy atom. The number of carbonyl (C=O) groups is 1. The summed E-state index contributed by atoms with van der Waals surface area (Å²) in [5, 5.41) is 0. The van der Waals surface area contributed by atoms with Gasteiger partial charge in [-0.3, -0.25) is 4.79 Å². The lowest BCUT2D eigenvalue weighted by molar-refractivity contribution is -0.114. The molecule has 0 saturated carbocycles.